The summed E-state index contributed by atoms with van der Waals surface area (Å²) < 4.78 is 15.2. The van der Waals surface area contributed by atoms with Gasteiger partial charge in [0.15, 0.2) is 11.2 Å². The molecule has 3 heterocycles. The first-order valence-corrected chi connectivity index (χ1v) is 12.8. The molecule has 38 heavy (non-hydrogen) atoms. The zero-order valence-corrected chi connectivity index (χ0v) is 23.1. The number of halogens is 2. The van der Waals surface area contributed by atoms with Crippen LogP contribution in [0.4, 0.5) is 11.6 Å². The van der Waals surface area contributed by atoms with E-state index in [1.165, 1.54) is 11.6 Å². The number of benzene rings is 2. The van der Waals surface area contributed by atoms with E-state index in [0.29, 0.717) is 58.9 Å². The molecule has 0 unspecified atom stereocenters. The molecular formula is C26H28Cl2N6O4. The summed E-state index contributed by atoms with van der Waals surface area (Å²) in [6.07, 6.45) is 0. The first kappa shape index (κ1) is 26.0. The number of methoxy groups -OCH3 is 2. The number of piperazine rings is 1. The standard InChI is InChI=1S/C26H28Cl2N6O4/c1-30-23-22(24(35)31(2)26(30)36)34(15-17-18(27)6-5-7-19(17)28)25(29-23)33-12-10-32(11-13-33)20-9-8-16(37-3)14-21(20)38-4/h5-9,14H,10-13,15H2,1-4H3. The van der Waals surface area contributed by atoms with E-state index in [1.807, 2.05) is 22.8 Å². The van der Waals surface area contributed by atoms with E-state index in [-0.39, 0.29) is 6.54 Å². The van der Waals surface area contributed by atoms with Crippen LogP contribution >= 0.6 is 23.2 Å². The third kappa shape index (κ3) is 4.37. The van der Waals surface area contributed by atoms with Crippen molar-refractivity contribution < 1.29 is 9.47 Å². The van der Waals surface area contributed by atoms with Gasteiger partial charge in [0, 0.05) is 61.9 Å². The second-order valence-corrected chi connectivity index (χ2v) is 9.90. The summed E-state index contributed by atoms with van der Waals surface area (Å²) in [7, 11) is 6.34. The maximum absolute atomic E-state index is 13.3. The zero-order valence-electron chi connectivity index (χ0n) is 21.6. The molecule has 1 aliphatic heterocycles. The molecule has 0 spiro atoms. The first-order valence-electron chi connectivity index (χ1n) is 12.1. The van der Waals surface area contributed by atoms with Crippen LogP contribution < -0.4 is 30.5 Å². The summed E-state index contributed by atoms with van der Waals surface area (Å²) in [4.78, 5) is 35.1. The summed E-state index contributed by atoms with van der Waals surface area (Å²) in [6, 6.07) is 11.1. The maximum Gasteiger partial charge on any atom is 0.332 e. The van der Waals surface area contributed by atoms with Gasteiger partial charge in [0.1, 0.15) is 11.5 Å². The summed E-state index contributed by atoms with van der Waals surface area (Å²) in [5.41, 5.74) is 1.42. The highest BCUT2D eigenvalue weighted by molar-refractivity contribution is 6.36. The van der Waals surface area contributed by atoms with Gasteiger partial charge in [-0.15, -0.1) is 0 Å². The molecule has 200 valence electrons. The molecule has 0 N–H and O–H groups in total. The SMILES string of the molecule is COc1ccc(N2CCN(c3nc4c(c(=O)n(C)c(=O)n4C)n3Cc3c(Cl)cccc3Cl)CC2)c(OC)c1. The van der Waals surface area contributed by atoms with Crippen LogP contribution in [0.3, 0.4) is 0 Å². The van der Waals surface area contributed by atoms with Crippen LogP contribution in [0.5, 0.6) is 11.5 Å². The van der Waals surface area contributed by atoms with Crippen molar-refractivity contribution in [2.45, 2.75) is 6.54 Å². The van der Waals surface area contributed by atoms with Gasteiger partial charge in [-0.1, -0.05) is 29.3 Å². The lowest BCUT2D eigenvalue weighted by Gasteiger charge is -2.37. The molecule has 0 bridgehead atoms. The first-order chi connectivity index (χ1) is 18.2. The molecule has 1 saturated heterocycles. The van der Waals surface area contributed by atoms with Crippen LogP contribution in [0.2, 0.25) is 10.0 Å². The van der Waals surface area contributed by atoms with Crippen LogP contribution in [0.1, 0.15) is 5.56 Å². The Morgan fingerprint density at radius 3 is 2.18 bits per heavy atom. The van der Waals surface area contributed by atoms with Crippen molar-refractivity contribution in [1.82, 2.24) is 18.7 Å². The Labute approximate surface area is 229 Å². The van der Waals surface area contributed by atoms with Crippen molar-refractivity contribution >= 4 is 46.0 Å². The minimum Gasteiger partial charge on any atom is -0.497 e. The Kier molecular flexibility index (Phi) is 7.02. The average Bonchev–Trinajstić information content (AvgIpc) is 3.31. The van der Waals surface area contributed by atoms with E-state index < -0.39 is 11.2 Å². The molecule has 10 nitrogen and oxygen atoms in total. The number of fused-ring (bicyclic) bond motifs is 1. The summed E-state index contributed by atoms with van der Waals surface area (Å²) in [5.74, 6) is 2.04. The van der Waals surface area contributed by atoms with E-state index >= 15 is 0 Å². The number of anilines is 2. The monoisotopic (exact) mass is 558 g/mol. The average molecular weight is 559 g/mol. The van der Waals surface area contributed by atoms with E-state index in [1.54, 1.807) is 39.5 Å². The van der Waals surface area contributed by atoms with Gasteiger partial charge in [0.25, 0.3) is 5.56 Å². The van der Waals surface area contributed by atoms with Crippen molar-refractivity contribution in [3.05, 3.63) is 72.8 Å². The normalized spacial score (nSPS) is 13.8. The van der Waals surface area contributed by atoms with Gasteiger partial charge in [-0.25, -0.2) is 4.79 Å². The minimum absolute atomic E-state index is 0.226. The number of hydrogen-bond donors (Lipinski definition) is 0. The van der Waals surface area contributed by atoms with Crippen molar-refractivity contribution in [2.75, 3.05) is 50.2 Å². The van der Waals surface area contributed by atoms with Gasteiger partial charge < -0.3 is 19.3 Å². The molecule has 1 fully saturated rings. The van der Waals surface area contributed by atoms with Crippen LogP contribution in [0.25, 0.3) is 11.2 Å². The molecule has 0 amide bonds. The molecule has 0 saturated carbocycles. The van der Waals surface area contributed by atoms with Crippen molar-refractivity contribution in [3.63, 3.8) is 0 Å². The van der Waals surface area contributed by atoms with Crippen molar-refractivity contribution in [2.24, 2.45) is 14.1 Å². The fourth-order valence-electron chi connectivity index (χ4n) is 4.86. The lowest BCUT2D eigenvalue weighted by molar-refractivity contribution is 0.393. The van der Waals surface area contributed by atoms with Crippen LogP contribution in [0.15, 0.2) is 46.0 Å². The summed E-state index contributed by atoms with van der Waals surface area (Å²) >= 11 is 13.0. The van der Waals surface area contributed by atoms with Crippen LogP contribution in [0, 0.1) is 0 Å². The molecule has 1 aliphatic rings. The van der Waals surface area contributed by atoms with Gasteiger partial charge in [-0.3, -0.25) is 18.5 Å². The van der Waals surface area contributed by atoms with Gasteiger partial charge in [0.05, 0.1) is 26.5 Å². The lowest BCUT2D eigenvalue weighted by atomic mass is 10.2. The minimum atomic E-state index is -0.439. The quantitative estimate of drug-likeness (QED) is 0.359. The lowest BCUT2D eigenvalue weighted by Crippen LogP contribution is -2.47. The molecule has 0 aliphatic carbocycles. The fourth-order valence-corrected chi connectivity index (χ4v) is 5.38. The highest BCUT2D eigenvalue weighted by Crippen LogP contribution is 2.34. The molecular weight excluding hydrogens is 531 g/mol. The Bertz CT molecular complexity index is 1620. The van der Waals surface area contributed by atoms with Gasteiger partial charge in [-0.2, -0.15) is 4.98 Å². The highest BCUT2D eigenvalue weighted by Gasteiger charge is 2.27. The molecule has 4 aromatic rings. The van der Waals surface area contributed by atoms with Gasteiger partial charge in [0.2, 0.25) is 5.95 Å². The zero-order chi connectivity index (χ0) is 27.1. The predicted molar refractivity (Wildman–Crippen MR) is 150 cm³/mol. The largest absolute Gasteiger partial charge is 0.497 e. The van der Waals surface area contributed by atoms with Gasteiger partial charge in [-0.05, 0) is 24.3 Å². The summed E-state index contributed by atoms with van der Waals surface area (Å²) in [6.45, 7) is 2.86. The highest BCUT2D eigenvalue weighted by atomic mass is 35.5. The number of imidazole rings is 1. The number of nitrogens with zero attached hydrogens (tertiary/aromatic N) is 6. The number of aryl methyl sites for hydroxylation is 1. The third-order valence-corrected chi connectivity index (χ3v) is 7.70. The molecule has 0 atom stereocenters. The molecule has 12 heteroatoms. The number of rotatable bonds is 6. The smallest absolute Gasteiger partial charge is 0.332 e. The molecule has 0 radical (unpaired) electrons. The maximum atomic E-state index is 13.3. The van der Waals surface area contributed by atoms with Crippen molar-refractivity contribution in [3.8, 4) is 11.5 Å². The topological polar surface area (TPSA) is 86.8 Å². The van der Waals surface area contributed by atoms with Crippen LogP contribution in [-0.2, 0) is 20.6 Å². The predicted octanol–water partition coefficient (Wildman–Crippen LogP) is 3.13. The van der Waals surface area contributed by atoms with Crippen molar-refractivity contribution in [1.29, 1.82) is 0 Å². The van der Waals surface area contributed by atoms with Crippen LogP contribution in [-0.4, -0.2) is 59.1 Å². The third-order valence-electron chi connectivity index (χ3n) is 7.00. The van der Waals surface area contributed by atoms with E-state index in [2.05, 4.69) is 9.80 Å². The van der Waals surface area contributed by atoms with E-state index in [9.17, 15) is 9.59 Å². The molecule has 5 rings (SSSR count). The van der Waals surface area contributed by atoms with E-state index in [0.717, 1.165) is 21.8 Å². The Hall–Kier alpha value is -3.63. The Morgan fingerprint density at radius 1 is 0.895 bits per heavy atom. The van der Waals surface area contributed by atoms with Gasteiger partial charge >= 0.3 is 5.69 Å². The second-order valence-electron chi connectivity index (χ2n) is 9.09. The number of aromatic nitrogens is 4. The molecule has 2 aromatic carbocycles. The Balaban J connectivity index is 1.56. The number of hydrogen-bond acceptors (Lipinski definition) is 7. The fraction of sp³-hybridized carbons (Fsp3) is 0.346. The second kappa shape index (κ2) is 10.3. The van der Waals surface area contributed by atoms with E-state index in [4.69, 9.17) is 37.7 Å². The Morgan fingerprint density at radius 2 is 1.55 bits per heavy atom. The molecule has 2 aromatic heterocycles. The summed E-state index contributed by atoms with van der Waals surface area (Å²) in [5, 5.41) is 0.978. The number of ether oxygens (including phenoxy) is 2.